The molecule has 0 atom stereocenters. The molecule has 1 aromatic rings. The van der Waals surface area contributed by atoms with Crippen molar-refractivity contribution in [2.75, 3.05) is 12.4 Å². The summed E-state index contributed by atoms with van der Waals surface area (Å²) in [6.07, 6.45) is 4.54. The number of hydrogen-bond donors (Lipinski definition) is 1. The topological polar surface area (TPSA) is 29.1 Å². The number of benzene rings is 1. The molecule has 0 heterocycles. The van der Waals surface area contributed by atoms with Gasteiger partial charge in [0.25, 0.3) is 5.91 Å². The first-order valence-corrected chi connectivity index (χ1v) is 7.65. The number of halogens is 3. The zero-order valence-corrected chi connectivity index (χ0v) is 12.8. The van der Waals surface area contributed by atoms with Crippen molar-refractivity contribution in [1.29, 1.82) is 0 Å². The summed E-state index contributed by atoms with van der Waals surface area (Å²) in [5.41, 5.74) is 0.588. The Morgan fingerprint density at radius 2 is 1.89 bits per heavy atom. The molecule has 1 fully saturated rings. The van der Waals surface area contributed by atoms with Crippen molar-refractivity contribution in [3.05, 3.63) is 33.8 Å². The zero-order valence-electron chi connectivity index (χ0n) is 10.5. The Hall–Kier alpha value is -0.440. The van der Waals surface area contributed by atoms with E-state index in [4.69, 9.17) is 34.8 Å². The van der Waals surface area contributed by atoms with Gasteiger partial charge in [-0.15, -0.1) is 11.6 Å². The van der Waals surface area contributed by atoms with E-state index in [1.54, 1.807) is 18.2 Å². The number of rotatable bonds is 4. The summed E-state index contributed by atoms with van der Waals surface area (Å²) >= 11 is 17.8. The average molecular weight is 321 g/mol. The van der Waals surface area contributed by atoms with Crippen LogP contribution in [0.25, 0.3) is 0 Å². The molecule has 0 radical (unpaired) electrons. The lowest BCUT2D eigenvalue weighted by Gasteiger charge is -2.26. The summed E-state index contributed by atoms with van der Waals surface area (Å²) in [5.74, 6) is 0.462. The number of hydrogen-bond acceptors (Lipinski definition) is 1. The van der Waals surface area contributed by atoms with E-state index in [-0.39, 0.29) is 11.3 Å². The number of carbonyl (C=O) groups excluding carboxylic acids is 1. The standard InChI is InChI=1S/C14H16Cl3NO/c15-8-14(5-1-2-6-14)9-18-13(19)10-3-4-11(16)12(17)7-10/h3-4,7H,1-2,5-6,8-9H2,(H,18,19). The first-order valence-electron chi connectivity index (χ1n) is 6.36. The Bertz CT molecular complexity index is 470. The smallest absolute Gasteiger partial charge is 0.251 e. The molecule has 1 aliphatic rings. The van der Waals surface area contributed by atoms with E-state index in [2.05, 4.69) is 5.32 Å². The van der Waals surface area contributed by atoms with Gasteiger partial charge in [0.15, 0.2) is 0 Å². The van der Waals surface area contributed by atoms with Crippen LogP contribution >= 0.6 is 34.8 Å². The summed E-state index contributed by atoms with van der Waals surface area (Å²) in [5, 5.41) is 3.80. The minimum Gasteiger partial charge on any atom is -0.351 e. The largest absolute Gasteiger partial charge is 0.351 e. The minimum atomic E-state index is -0.130. The number of alkyl halides is 1. The van der Waals surface area contributed by atoms with Crippen molar-refractivity contribution in [1.82, 2.24) is 5.32 Å². The summed E-state index contributed by atoms with van der Waals surface area (Å²) in [4.78, 5) is 12.1. The molecule has 1 aromatic carbocycles. The molecular formula is C14H16Cl3NO. The molecule has 2 rings (SSSR count). The van der Waals surface area contributed by atoms with Crippen LogP contribution in [-0.2, 0) is 0 Å². The third-order valence-electron chi connectivity index (χ3n) is 3.75. The van der Waals surface area contributed by atoms with Crippen molar-refractivity contribution >= 4 is 40.7 Å². The molecule has 1 N–H and O–H groups in total. The maximum absolute atomic E-state index is 12.1. The molecule has 0 unspecified atom stereocenters. The zero-order chi connectivity index (χ0) is 13.9. The fraction of sp³-hybridized carbons (Fsp3) is 0.500. The van der Waals surface area contributed by atoms with E-state index in [1.165, 1.54) is 12.8 Å². The molecule has 1 amide bonds. The first-order chi connectivity index (χ1) is 9.06. The lowest BCUT2D eigenvalue weighted by Crippen LogP contribution is -2.37. The predicted molar refractivity (Wildman–Crippen MR) is 80.4 cm³/mol. The highest BCUT2D eigenvalue weighted by atomic mass is 35.5. The van der Waals surface area contributed by atoms with Crippen LogP contribution in [0.3, 0.4) is 0 Å². The Kier molecular flexibility index (Phi) is 4.99. The van der Waals surface area contributed by atoms with E-state index in [1.807, 2.05) is 0 Å². The van der Waals surface area contributed by atoms with Crippen molar-refractivity contribution in [3.63, 3.8) is 0 Å². The molecule has 5 heteroatoms. The summed E-state index contributed by atoms with van der Waals surface area (Å²) < 4.78 is 0. The van der Waals surface area contributed by atoms with Gasteiger partial charge in [0.2, 0.25) is 0 Å². The molecule has 0 saturated heterocycles. The lowest BCUT2D eigenvalue weighted by atomic mass is 9.88. The molecule has 0 bridgehead atoms. The fourth-order valence-corrected chi connectivity index (χ4v) is 3.15. The normalized spacial score (nSPS) is 17.4. The lowest BCUT2D eigenvalue weighted by molar-refractivity contribution is 0.0935. The van der Waals surface area contributed by atoms with Gasteiger partial charge in [-0.1, -0.05) is 36.0 Å². The van der Waals surface area contributed by atoms with Crippen LogP contribution in [0, 0.1) is 5.41 Å². The van der Waals surface area contributed by atoms with Gasteiger partial charge in [-0.05, 0) is 31.0 Å². The van der Waals surface area contributed by atoms with Crippen molar-refractivity contribution in [2.45, 2.75) is 25.7 Å². The maximum atomic E-state index is 12.1. The summed E-state index contributed by atoms with van der Waals surface area (Å²) in [6, 6.07) is 4.89. The Morgan fingerprint density at radius 3 is 2.47 bits per heavy atom. The second-order valence-corrected chi connectivity index (χ2v) is 6.23. The maximum Gasteiger partial charge on any atom is 0.251 e. The van der Waals surface area contributed by atoms with Crippen molar-refractivity contribution in [3.8, 4) is 0 Å². The van der Waals surface area contributed by atoms with E-state index in [0.29, 0.717) is 28.0 Å². The third kappa shape index (κ3) is 3.56. The highest BCUT2D eigenvalue weighted by Crippen LogP contribution is 2.38. The molecule has 2 nitrogen and oxygen atoms in total. The quantitative estimate of drug-likeness (QED) is 0.812. The van der Waals surface area contributed by atoms with E-state index < -0.39 is 0 Å². The number of carbonyl (C=O) groups is 1. The van der Waals surface area contributed by atoms with Gasteiger partial charge in [0.1, 0.15) is 0 Å². The summed E-state index contributed by atoms with van der Waals surface area (Å²) in [7, 11) is 0. The highest BCUT2D eigenvalue weighted by molar-refractivity contribution is 6.42. The molecule has 19 heavy (non-hydrogen) atoms. The molecule has 1 aliphatic carbocycles. The van der Waals surface area contributed by atoms with Gasteiger partial charge in [-0.3, -0.25) is 4.79 Å². The van der Waals surface area contributed by atoms with Gasteiger partial charge in [0.05, 0.1) is 10.0 Å². The van der Waals surface area contributed by atoms with Gasteiger partial charge < -0.3 is 5.32 Å². The molecule has 1 saturated carbocycles. The van der Waals surface area contributed by atoms with Gasteiger partial charge in [-0.2, -0.15) is 0 Å². The molecule has 0 aromatic heterocycles. The molecule has 104 valence electrons. The van der Waals surface area contributed by atoms with Crippen LogP contribution < -0.4 is 5.32 Å². The van der Waals surface area contributed by atoms with E-state index >= 15 is 0 Å². The van der Waals surface area contributed by atoms with Crippen LogP contribution in [0.2, 0.25) is 10.0 Å². The third-order valence-corrected chi connectivity index (χ3v) is 5.06. The van der Waals surface area contributed by atoms with E-state index in [0.717, 1.165) is 12.8 Å². The van der Waals surface area contributed by atoms with Crippen LogP contribution in [0.4, 0.5) is 0 Å². The fourth-order valence-electron chi connectivity index (χ4n) is 2.49. The van der Waals surface area contributed by atoms with Gasteiger partial charge >= 0.3 is 0 Å². The SMILES string of the molecule is O=C(NCC1(CCl)CCCC1)c1ccc(Cl)c(Cl)c1. The Balaban J connectivity index is 1.99. The number of nitrogens with one attached hydrogen (secondary N) is 1. The monoisotopic (exact) mass is 319 g/mol. The van der Waals surface area contributed by atoms with Gasteiger partial charge in [-0.25, -0.2) is 0 Å². The van der Waals surface area contributed by atoms with Crippen LogP contribution in [0.5, 0.6) is 0 Å². The van der Waals surface area contributed by atoms with Crippen molar-refractivity contribution in [2.24, 2.45) is 5.41 Å². The number of amides is 1. The van der Waals surface area contributed by atoms with Crippen LogP contribution in [0.15, 0.2) is 18.2 Å². The summed E-state index contributed by atoms with van der Waals surface area (Å²) in [6.45, 7) is 0.621. The van der Waals surface area contributed by atoms with Crippen molar-refractivity contribution < 1.29 is 4.79 Å². The predicted octanol–water partition coefficient (Wildman–Crippen LogP) is 4.52. The van der Waals surface area contributed by atoms with Gasteiger partial charge in [0, 0.05) is 23.4 Å². The second kappa shape index (κ2) is 6.34. The van der Waals surface area contributed by atoms with Crippen LogP contribution in [-0.4, -0.2) is 18.3 Å². The second-order valence-electron chi connectivity index (χ2n) is 5.15. The minimum absolute atomic E-state index is 0.0629. The Labute approximate surface area is 128 Å². The first kappa shape index (κ1) is 15.0. The van der Waals surface area contributed by atoms with Crippen LogP contribution in [0.1, 0.15) is 36.0 Å². The highest BCUT2D eigenvalue weighted by Gasteiger charge is 2.33. The molecule has 0 spiro atoms. The Morgan fingerprint density at radius 1 is 1.21 bits per heavy atom. The molecule has 0 aliphatic heterocycles. The molecular weight excluding hydrogens is 305 g/mol. The average Bonchev–Trinajstić information content (AvgIpc) is 2.89. The van der Waals surface area contributed by atoms with E-state index in [9.17, 15) is 4.79 Å².